The van der Waals surface area contributed by atoms with E-state index in [-0.39, 0.29) is 28.8 Å². The largest absolute Gasteiger partial charge is 0.481 e. The molecule has 1 aromatic carbocycles. The number of benzene rings is 1. The fraction of sp³-hybridized carbons (Fsp3) is 0.462. The first-order chi connectivity index (χ1) is 9.41. The number of halogens is 1. The van der Waals surface area contributed by atoms with Crippen LogP contribution in [0.15, 0.2) is 29.2 Å². The van der Waals surface area contributed by atoms with Gasteiger partial charge < -0.3 is 5.11 Å². The molecule has 0 spiro atoms. The van der Waals surface area contributed by atoms with Crippen LogP contribution in [0, 0.1) is 5.92 Å². The maximum Gasteiger partial charge on any atom is 0.303 e. The van der Waals surface area contributed by atoms with E-state index in [2.05, 4.69) is 0 Å². The molecule has 1 aliphatic rings. The zero-order chi connectivity index (χ0) is 14.8. The minimum Gasteiger partial charge on any atom is -0.481 e. The summed E-state index contributed by atoms with van der Waals surface area (Å²) in [5, 5.41) is 9.01. The van der Waals surface area contributed by atoms with E-state index >= 15 is 0 Å². The molecule has 1 aromatic rings. The molecule has 2 rings (SSSR count). The van der Waals surface area contributed by atoms with E-state index in [0.717, 1.165) is 6.42 Å². The molecule has 0 aromatic heterocycles. The SMILES string of the molecule is O=C(O)CC1CCCN(S(=O)(=O)c2ccccc2Cl)C1. The molecule has 1 atom stereocenters. The Kier molecular flexibility index (Phi) is 4.67. The van der Waals surface area contributed by atoms with Gasteiger partial charge in [-0.3, -0.25) is 4.79 Å². The molecule has 0 saturated carbocycles. The van der Waals surface area contributed by atoms with Crippen LogP contribution in [0.25, 0.3) is 0 Å². The van der Waals surface area contributed by atoms with Gasteiger partial charge in [0.1, 0.15) is 4.90 Å². The quantitative estimate of drug-likeness (QED) is 0.924. The molecule has 1 heterocycles. The molecule has 1 aliphatic heterocycles. The van der Waals surface area contributed by atoms with Gasteiger partial charge in [0.15, 0.2) is 0 Å². The van der Waals surface area contributed by atoms with Crippen LogP contribution in [0.4, 0.5) is 0 Å². The minimum atomic E-state index is -3.65. The van der Waals surface area contributed by atoms with Crippen molar-refractivity contribution in [2.45, 2.75) is 24.2 Å². The number of aliphatic carboxylic acids is 1. The van der Waals surface area contributed by atoms with Crippen molar-refractivity contribution in [3.8, 4) is 0 Å². The number of carboxylic acid groups (broad SMARTS) is 1. The Labute approximate surface area is 123 Å². The third-order valence-electron chi connectivity index (χ3n) is 3.40. The fourth-order valence-corrected chi connectivity index (χ4v) is 4.50. The highest BCUT2D eigenvalue weighted by molar-refractivity contribution is 7.89. The average Bonchev–Trinajstić information content (AvgIpc) is 2.38. The molecule has 1 saturated heterocycles. The van der Waals surface area contributed by atoms with E-state index in [1.54, 1.807) is 12.1 Å². The number of nitrogens with zero attached hydrogens (tertiary/aromatic N) is 1. The minimum absolute atomic E-state index is 0.00541. The maximum atomic E-state index is 12.5. The second kappa shape index (κ2) is 6.11. The van der Waals surface area contributed by atoms with Crippen molar-refractivity contribution in [3.63, 3.8) is 0 Å². The first kappa shape index (κ1) is 15.3. The van der Waals surface area contributed by atoms with Gasteiger partial charge in [-0.1, -0.05) is 23.7 Å². The summed E-state index contributed by atoms with van der Waals surface area (Å²) >= 11 is 5.95. The van der Waals surface area contributed by atoms with Gasteiger partial charge in [0.25, 0.3) is 0 Å². The van der Waals surface area contributed by atoms with E-state index in [1.165, 1.54) is 16.4 Å². The number of carboxylic acids is 1. The number of carbonyl (C=O) groups is 1. The van der Waals surface area contributed by atoms with Crippen LogP contribution in [0.5, 0.6) is 0 Å². The zero-order valence-electron chi connectivity index (χ0n) is 10.8. The smallest absolute Gasteiger partial charge is 0.303 e. The molecule has 0 radical (unpaired) electrons. The van der Waals surface area contributed by atoms with Crippen LogP contribution in [-0.2, 0) is 14.8 Å². The summed E-state index contributed by atoms with van der Waals surface area (Å²) in [6.45, 7) is 0.642. The van der Waals surface area contributed by atoms with Crippen molar-refractivity contribution in [3.05, 3.63) is 29.3 Å². The van der Waals surface area contributed by atoms with Crippen molar-refractivity contribution in [2.24, 2.45) is 5.92 Å². The van der Waals surface area contributed by atoms with Gasteiger partial charge in [0.05, 0.1) is 5.02 Å². The van der Waals surface area contributed by atoms with Crippen molar-refractivity contribution in [1.82, 2.24) is 4.31 Å². The van der Waals surface area contributed by atoms with Gasteiger partial charge >= 0.3 is 5.97 Å². The van der Waals surface area contributed by atoms with Crippen molar-refractivity contribution in [1.29, 1.82) is 0 Å². The molecule has 110 valence electrons. The number of sulfonamides is 1. The predicted molar refractivity (Wildman–Crippen MR) is 75.2 cm³/mol. The molecule has 20 heavy (non-hydrogen) atoms. The van der Waals surface area contributed by atoms with Crippen molar-refractivity contribution < 1.29 is 18.3 Å². The molecule has 0 bridgehead atoms. The first-order valence-electron chi connectivity index (χ1n) is 6.37. The summed E-state index contributed by atoms with van der Waals surface area (Å²) in [4.78, 5) is 10.8. The molecule has 1 N–H and O–H groups in total. The van der Waals surface area contributed by atoms with Crippen LogP contribution < -0.4 is 0 Å². The summed E-state index contributed by atoms with van der Waals surface area (Å²) in [6.07, 6.45) is 1.40. The Morgan fingerprint density at radius 1 is 1.40 bits per heavy atom. The number of hydrogen-bond acceptors (Lipinski definition) is 3. The van der Waals surface area contributed by atoms with Gasteiger partial charge in [-0.05, 0) is 30.9 Å². The molecular formula is C13H16ClNO4S. The topological polar surface area (TPSA) is 74.7 Å². The zero-order valence-corrected chi connectivity index (χ0v) is 12.4. The van der Waals surface area contributed by atoms with Gasteiger partial charge in [-0.2, -0.15) is 4.31 Å². The lowest BCUT2D eigenvalue weighted by Gasteiger charge is -2.31. The highest BCUT2D eigenvalue weighted by Gasteiger charge is 2.32. The molecule has 0 aliphatic carbocycles. The van der Waals surface area contributed by atoms with Crippen molar-refractivity contribution >= 4 is 27.6 Å². The van der Waals surface area contributed by atoms with Crippen LogP contribution in [-0.4, -0.2) is 36.9 Å². The Morgan fingerprint density at radius 2 is 2.10 bits per heavy atom. The number of rotatable bonds is 4. The number of hydrogen-bond donors (Lipinski definition) is 1. The van der Waals surface area contributed by atoms with E-state index in [0.29, 0.717) is 13.0 Å². The molecule has 1 unspecified atom stereocenters. The van der Waals surface area contributed by atoms with Crippen molar-refractivity contribution in [2.75, 3.05) is 13.1 Å². The van der Waals surface area contributed by atoms with Gasteiger partial charge in [-0.25, -0.2) is 8.42 Å². The standard InChI is InChI=1S/C13H16ClNO4S/c14-11-5-1-2-6-12(11)20(18,19)15-7-3-4-10(9-15)8-13(16)17/h1-2,5-6,10H,3-4,7-9H2,(H,16,17). The van der Waals surface area contributed by atoms with Gasteiger partial charge in [0.2, 0.25) is 10.0 Å². The van der Waals surface area contributed by atoms with Crippen LogP contribution in [0.1, 0.15) is 19.3 Å². The lowest BCUT2D eigenvalue weighted by molar-refractivity contribution is -0.138. The highest BCUT2D eigenvalue weighted by Crippen LogP contribution is 2.28. The second-order valence-corrected chi connectivity index (χ2v) is 7.21. The molecular weight excluding hydrogens is 302 g/mol. The van der Waals surface area contributed by atoms with Crippen LogP contribution in [0.2, 0.25) is 5.02 Å². The Hall–Kier alpha value is -1.11. The monoisotopic (exact) mass is 317 g/mol. The summed E-state index contributed by atoms with van der Waals surface area (Å²) in [6, 6.07) is 6.30. The van der Waals surface area contributed by atoms with Crippen LogP contribution >= 0.6 is 11.6 Å². The first-order valence-corrected chi connectivity index (χ1v) is 8.19. The lowest BCUT2D eigenvalue weighted by Crippen LogP contribution is -2.40. The highest BCUT2D eigenvalue weighted by atomic mass is 35.5. The third-order valence-corrected chi connectivity index (χ3v) is 5.76. The van der Waals surface area contributed by atoms with Gasteiger partial charge in [0, 0.05) is 19.5 Å². The summed E-state index contributed by atoms with van der Waals surface area (Å²) in [5.74, 6) is -1.04. The molecule has 7 heteroatoms. The Bertz CT molecular complexity index is 602. The summed E-state index contributed by atoms with van der Waals surface area (Å²) in [7, 11) is -3.65. The molecule has 1 fully saturated rings. The summed E-state index contributed by atoms with van der Waals surface area (Å²) in [5.41, 5.74) is 0. The lowest BCUT2D eigenvalue weighted by atomic mass is 9.96. The maximum absolute atomic E-state index is 12.5. The molecule has 0 amide bonds. The Balaban J connectivity index is 2.22. The van der Waals surface area contributed by atoms with E-state index in [4.69, 9.17) is 16.7 Å². The van der Waals surface area contributed by atoms with E-state index in [1.807, 2.05) is 0 Å². The Morgan fingerprint density at radius 3 is 2.75 bits per heavy atom. The number of piperidine rings is 1. The average molecular weight is 318 g/mol. The third kappa shape index (κ3) is 3.31. The normalized spacial score (nSPS) is 20.8. The second-order valence-electron chi connectivity index (χ2n) is 4.90. The van der Waals surface area contributed by atoms with Crippen LogP contribution in [0.3, 0.4) is 0 Å². The summed E-state index contributed by atoms with van der Waals surface area (Å²) < 4.78 is 26.4. The van der Waals surface area contributed by atoms with E-state index < -0.39 is 16.0 Å². The molecule has 5 nitrogen and oxygen atoms in total. The van der Waals surface area contributed by atoms with E-state index in [9.17, 15) is 13.2 Å². The van der Waals surface area contributed by atoms with Gasteiger partial charge in [-0.15, -0.1) is 0 Å². The predicted octanol–water partition coefficient (Wildman–Crippen LogP) is 2.22. The fourth-order valence-electron chi connectivity index (χ4n) is 2.45.